The van der Waals surface area contributed by atoms with Crippen molar-refractivity contribution in [2.45, 2.75) is 25.7 Å². The zero-order valence-corrected chi connectivity index (χ0v) is 16.7. The molecule has 0 atom stereocenters. The molecule has 4 nitrogen and oxygen atoms in total. The van der Waals surface area contributed by atoms with Crippen LogP contribution in [0.2, 0.25) is 0 Å². The summed E-state index contributed by atoms with van der Waals surface area (Å²) >= 11 is 1.57. The molecule has 1 aliphatic rings. The van der Waals surface area contributed by atoms with Crippen LogP contribution in [0.15, 0.2) is 64.0 Å². The van der Waals surface area contributed by atoms with E-state index < -0.39 is 5.91 Å². The number of nitrogens with two attached hydrogens (primary N) is 1. The maximum Gasteiger partial charge on any atom is 0.252 e. The van der Waals surface area contributed by atoms with Crippen LogP contribution >= 0.6 is 11.3 Å². The Morgan fingerprint density at radius 2 is 1.86 bits per heavy atom. The zero-order chi connectivity index (χ0) is 19.8. The van der Waals surface area contributed by atoms with Gasteiger partial charge in [0.05, 0.1) is 11.8 Å². The smallest absolute Gasteiger partial charge is 0.252 e. The number of hydrogen-bond acceptors (Lipinski definition) is 4. The number of benzene rings is 2. The van der Waals surface area contributed by atoms with Crippen LogP contribution in [0, 0.1) is 0 Å². The van der Waals surface area contributed by atoms with Gasteiger partial charge in [0.25, 0.3) is 5.91 Å². The molecule has 0 aliphatic heterocycles. The molecule has 0 saturated carbocycles. The second kappa shape index (κ2) is 7.33. The molecule has 1 aliphatic carbocycles. The number of nitrogens with zero attached hydrogens (tertiary/aromatic N) is 1. The van der Waals surface area contributed by atoms with E-state index in [1.54, 1.807) is 17.6 Å². The van der Waals surface area contributed by atoms with Gasteiger partial charge >= 0.3 is 0 Å². The maximum absolute atomic E-state index is 12.0. The molecule has 29 heavy (non-hydrogen) atoms. The zero-order valence-electron chi connectivity index (χ0n) is 15.9. The minimum absolute atomic E-state index is 0.396. The number of aryl methyl sites for hydroxylation is 1. The van der Waals surface area contributed by atoms with Crippen molar-refractivity contribution in [1.29, 1.82) is 0 Å². The van der Waals surface area contributed by atoms with Gasteiger partial charge in [-0.1, -0.05) is 42.5 Å². The second-order valence-corrected chi connectivity index (χ2v) is 8.33. The van der Waals surface area contributed by atoms with Crippen molar-refractivity contribution in [2.24, 2.45) is 10.7 Å². The van der Waals surface area contributed by atoms with E-state index in [4.69, 9.17) is 10.2 Å². The maximum atomic E-state index is 12.0. The lowest BCUT2D eigenvalue weighted by Gasteiger charge is -2.10. The first kappa shape index (κ1) is 17.9. The van der Waals surface area contributed by atoms with Crippen molar-refractivity contribution in [2.75, 3.05) is 0 Å². The summed E-state index contributed by atoms with van der Waals surface area (Å²) in [5.41, 5.74) is 8.38. The normalized spacial score (nSPS) is 13.8. The SMILES string of the molecule is NC(=O)c1c(N=Cc2ccc(-c3cccc4ccccc34)o2)sc2c1CCCC2. The third kappa shape index (κ3) is 3.28. The summed E-state index contributed by atoms with van der Waals surface area (Å²) in [7, 11) is 0. The first-order valence-corrected chi connectivity index (χ1v) is 10.6. The van der Waals surface area contributed by atoms with Crippen LogP contribution in [-0.4, -0.2) is 12.1 Å². The van der Waals surface area contributed by atoms with Gasteiger partial charge in [-0.2, -0.15) is 0 Å². The van der Waals surface area contributed by atoms with Gasteiger partial charge in [-0.15, -0.1) is 11.3 Å². The number of carbonyl (C=O) groups is 1. The molecular formula is C24H20N2O2S. The number of fused-ring (bicyclic) bond motifs is 2. The Balaban J connectivity index is 1.49. The summed E-state index contributed by atoms with van der Waals surface area (Å²) in [4.78, 5) is 17.8. The molecule has 2 heterocycles. The highest BCUT2D eigenvalue weighted by molar-refractivity contribution is 7.16. The van der Waals surface area contributed by atoms with Crippen molar-refractivity contribution in [3.63, 3.8) is 0 Å². The average molecular weight is 401 g/mol. The summed E-state index contributed by atoms with van der Waals surface area (Å²) in [6.45, 7) is 0. The Labute approximate surface area is 172 Å². The minimum atomic E-state index is -0.396. The highest BCUT2D eigenvalue weighted by atomic mass is 32.1. The quantitative estimate of drug-likeness (QED) is 0.434. The van der Waals surface area contributed by atoms with Gasteiger partial charge in [-0.25, -0.2) is 4.99 Å². The van der Waals surface area contributed by atoms with Crippen LogP contribution in [0.3, 0.4) is 0 Å². The summed E-state index contributed by atoms with van der Waals surface area (Å²) in [5, 5.41) is 3.01. The fourth-order valence-electron chi connectivity index (χ4n) is 4.03. The second-order valence-electron chi connectivity index (χ2n) is 7.24. The van der Waals surface area contributed by atoms with E-state index in [9.17, 15) is 4.79 Å². The monoisotopic (exact) mass is 400 g/mol. The van der Waals surface area contributed by atoms with E-state index in [0.717, 1.165) is 48.0 Å². The number of thiophene rings is 1. The van der Waals surface area contributed by atoms with Gasteiger partial charge in [0, 0.05) is 10.4 Å². The summed E-state index contributed by atoms with van der Waals surface area (Å²) in [6.07, 6.45) is 5.84. The van der Waals surface area contributed by atoms with E-state index in [1.807, 2.05) is 30.3 Å². The Morgan fingerprint density at radius 3 is 2.76 bits per heavy atom. The van der Waals surface area contributed by atoms with Gasteiger partial charge in [-0.3, -0.25) is 4.79 Å². The number of furan rings is 1. The van der Waals surface area contributed by atoms with Crippen LogP contribution in [0.1, 0.15) is 39.4 Å². The molecule has 0 fully saturated rings. The highest BCUT2D eigenvalue weighted by Gasteiger charge is 2.23. The predicted molar refractivity (Wildman–Crippen MR) is 118 cm³/mol. The standard InChI is InChI=1S/C24H20N2O2S/c25-23(27)22-19-9-3-4-11-21(19)29-24(22)26-14-16-12-13-20(28-16)18-10-5-7-15-6-1-2-8-17(15)18/h1-2,5-8,10,12-14H,3-4,9,11H2,(H2,25,27). The van der Waals surface area contributed by atoms with Gasteiger partial charge in [0.2, 0.25) is 0 Å². The van der Waals surface area contributed by atoms with Gasteiger partial charge in [-0.05, 0) is 54.2 Å². The topological polar surface area (TPSA) is 68.6 Å². The van der Waals surface area contributed by atoms with E-state index in [1.165, 1.54) is 10.3 Å². The molecule has 0 saturated heterocycles. The third-order valence-corrected chi connectivity index (χ3v) is 6.59. The molecule has 0 bridgehead atoms. The number of hydrogen-bond donors (Lipinski definition) is 1. The molecular weight excluding hydrogens is 380 g/mol. The van der Waals surface area contributed by atoms with Crippen molar-refractivity contribution >= 4 is 39.2 Å². The van der Waals surface area contributed by atoms with E-state index in [2.05, 4.69) is 29.3 Å². The predicted octanol–water partition coefficient (Wildman–Crippen LogP) is 5.89. The Kier molecular flexibility index (Phi) is 4.52. The number of carbonyl (C=O) groups excluding carboxylic acids is 1. The van der Waals surface area contributed by atoms with Crippen molar-refractivity contribution in [1.82, 2.24) is 0 Å². The van der Waals surface area contributed by atoms with Crippen LogP contribution in [0.4, 0.5) is 5.00 Å². The van der Waals surface area contributed by atoms with E-state index in [0.29, 0.717) is 16.3 Å². The van der Waals surface area contributed by atoms with Gasteiger partial charge in [0.1, 0.15) is 16.5 Å². The highest BCUT2D eigenvalue weighted by Crippen LogP contribution is 2.39. The van der Waals surface area contributed by atoms with E-state index in [-0.39, 0.29) is 0 Å². The molecule has 5 heteroatoms. The molecule has 2 aromatic carbocycles. The van der Waals surface area contributed by atoms with Crippen molar-refractivity contribution in [3.05, 3.63) is 76.4 Å². The molecule has 5 rings (SSSR count). The van der Waals surface area contributed by atoms with E-state index >= 15 is 0 Å². The molecule has 4 aromatic rings. The molecule has 0 radical (unpaired) electrons. The first-order valence-electron chi connectivity index (χ1n) is 9.77. The molecule has 2 aromatic heterocycles. The molecule has 1 amide bonds. The Hall–Kier alpha value is -3.18. The Morgan fingerprint density at radius 1 is 1.03 bits per heavy atom. The molecule has 0 spiro atoms. The molecule has 0 unspecified atom stereocenters. The van der Waals surface area contributed by atoms with Crippen molar-refractivity contribution in [3.8, 4) is 11.3 Å². The summed E-state index contributed by atoms with van der Waals surface area (Å²) in [5.74, 6) is 1.05. The average Bonchev–Trinajstić information content (AvgIpc) is 3.36. The number of aliphatic imine (C=N–C) groups is 1. The summed E-state index contributed by atoms with van der Waals surface area (Å²) < 4.78 is 6.04. The van der Waals surface area contributed by atoms with Crippen LogP contribution in [0.25, 0.3) is 22.1 Å². The number of amides is 1. The van der Waals surface area contributed by atoms with Gasteiger partial charge in [0.15, 0.2) is 0 Å². The largest absolute Gasteiger partial charge is 0.455 e. The lowest BCUT2D eigenvalue weighted by molar-refractivity contribution is 0.100. The van der Waals surface area contributed by atoms with Crippen LogP contribution in [-0.2, 0) is 12.8 Å². The third-order valence-electron chi connectivity index (χ3n) is 5.39. The Bertz CT molecular complexity index is 1240. The lowest BCUT2D eigenvalue weighted by atomic mass is 9.95. The summed E-state index contributed by atoms with van der Waals surface area (Å²) in [6, 6.07) is 18.3. The van der Waals surface area contributed by atoms with Crippen LogP contribution in [0.5, 0.6) is 0 Å². The number of rotatable bonds is 4. The fraction of sp³-hybridized carbons (Fsp3) is 0.167. The lowest BCUT2D eigenvalue weighted by Crippen LogP contribution is -2.14. The number of primary amides is 1. The minimum Gasteiger partial charge on any atom is -0.455 e. The van der Waals surface area contributed by atoms with Crippen LogP contribution < -0.4 is 5.73 Å². The first-order chi connectivity index (χ1) is 14.2. The molecule has 2 N–H and O–H groups in total. The van der Waals surface area contributed by atoms with Crippen molar-refractivity contribution < 1.29 is 9.21 Å². The van der Waals surface area contributed by atoms with Gasteiger partial charge < -0.3 is 10.2 Å². The molecule has 144 valence electrons. The fourth-order valence-corrected chi connectivity index (χ4v) is 5.26.